The number of aromatic amines is 1. The van der Waals surface area contributed by atoms with Crippen molar-refractivity contribution in [3.05, 3.63) is 63.9 Å². The number of hydrogen-bond acceptors (Lipinski definition) is 7. The SMILES string of the molecule is Nc1nc2ccc(CNc3ccc(C(=O)N[C@H](CC(=O)O)C(=O)O)cc3)cc2c(=O)[nH]1. The summed E-state index contributed by atoms with van der Waals surface area (Å²) in [6.07, 6.45) is -0.725. The number of carbonyl (C=O) groups is 3. The molecule has 0 fully saturated rings. The van der Waals surface area contributed by atoms with Gasteiger partial charge in [-0.2, -0.15) is 0 Å². The van der Waals surface area contributed by atoms with Gasteiger partial charge in [0.2, 0.25) is 5.95 Å². The lowest BCUT2D eigenvalue weighted by Gasteiger charge is -2.13. The van der Waals surface area contributed by atoms with E-state index in [0.29, 0.717) is 23.1 Å². The van der Waals surface area contributed by atoms with Gasteiger partial charge in [-0.25, -0.2) is 9.78 Å². The maximum atomic E-state index is 12.2. The lowest BCUT2D eigenvalue weighted by molar-refractivity contribution is -0.145. The number of aliphatic carboxylic acids is 2. The number of nitrogens with one attached hydrogen (secondary N) is 3. The number of carboxylic acid groups (broad SMARTS) is 2. The van der Waals surface area contributed by atoms with Crippen molar-refractivity contribution in [2.45, 2.75) is 19.0 Å². The van der Waals surface area contributed by atoms with Crippen LogP contribution in [0.25, 0.3) is 10.9 Å². The molecule has 0 radical (unpaired) electrons. The first-order valence-corrected chi connectivity index (χ1v) is 9.11. The quantitative estimate of drug-likeness (QED) is 0.303. The van der Waals surface area contributed by atoms with Gasteiger partial charge in [-0.1, -0.05) is 6.07 Å². The lowest BCUT2D eigenvalue weighted by Crippen LogP contribution is -2.42. The van der Waals surface area contributed by atoms with Crippen LogP contribution in [0.3, 0.4) is 0 Å². The van der Waals surface area contributed by atoms with E-state index in [9.17, 15) is 19.2 Å². The normalized spacial score (nSPS) is 11.6. The van der Waals surface area contributed by atoms with Crippen LogP contribution in [0.15, 0.2) is 47.3 Å². The zero-order valence-corrected chi connectivity index (χ0v) is 16.1. The van der Waals surface area contributed by atoms with Gasteiger partial charge in [0, 0.05) is 17.8 Å². The van der Waals surface area contributed by atoms with E-state index < -0.39 is 30.3 Å². The summed E-state index contributed by atoms with van der Waals surface area (Å²) in [6, 6.07) is 9.88. The fourth-order valence-corrected chi connectivity index (χ4v) is 2.87. The fourth-order valence-electron chi connectivity index (χ4n) is 2.87. The summed E-state index contributed by atoms with van der Waals surface area (Å²) in [5, 5.41) is 23.5. The minimum Gasteiger partial charge on any atom is -0.481 e. The molecule has 2 aromatic carbocycles. The van der Waals surface area contributed by atoms with E-state index in [1.165, 1.54) is 12.1 Å². The van der Waals surface area contributed by atoms with Crippen LogP contribution in [0, 0.1) is 0 Å². The van der Waals surface area contributed by atoms with E-state index in [2.05, 4.69) is 20.6 Å². The maximum Gasteiger partial charge on any atom is 0.326 e. The third kappa shape index (κ3) is 5.35. The Kier molecular flexibility index (Phi) is 6.15. The van der Waals surface area contributed by atoms with Gasteiger partial charge in [0.05, 0.1) is 17.3 Å². The lowest BCUT2D eigenvalue weighted by atomic mass is 10.1. The van der Waals surface area contributed by atoms with Crippen LogP contribution in [0.2, 0.25) is 0 Å². The topological polar surface area (TPSA) is 187 Å². The number of H-pyrrole nitrogens is 1. The number of nitrogens with zero attached hydrogens (tertiary/aromatic N) is 1. The van der Waals surface area contributed by atoms with E-state index in [-0.39, 0.29) is 17.1 Å². The van der Waals surface area contributed by atoms with Crippen molar-refractivity contribution in [1.29, 1.82) is 0 Å². The Bertz CT molecular complexity index is 1200. The average molecular weight is 425 g/mol. The van der Waals surface area contributed by atoms with E-state index >= 15 is 0 Å². The Morgan fingerprint density at radius 3 is 2.45 bits per heavy atom. The molecule has 0 bridgehead atoms. The minimum atomic E-state index is -1.52. The second kappa shape index (κ2) is 8.95. The average Bonchev–Trinajstić information content (AvgIpc) is 2.71. The molecule has 160 valence electrons. The summed E-state index contributed by atoms with van der Waals surface area (Å²) >= 11 is 0. The van der Waals surface area contributed by atoms with Crippen molar-refractivity contribution in [2.24, 2.45) is 0 Å². The number of hydrogen-bond donors (Lipinski definition) is 6. The molecule has 0 aliphatic carbocycles. The molecule has 11 heteroatoms. The number of benzene rings is 2. The molecular weight excluding hydrogens is 406 g/mol. The molecule has 0 spiro atoms. The molecule has 31 heavy (non-hydrogen) atoms. The summed E-state index contributed by atoms with van der Waals surface area (Å²) in [5.74, 6) is -3.41. The van der Waals surface area contributed by atoms with E-state index in [1.807, 2.05) is 0 Å². The van der Waals surface area contributed by atoms with E-state index in [4.69, 9.17) is 15.9 Å². The molecule has 3 aromatic rings. The van der Waals surface area contributed by atoms with Crippen molar-refractivity contribution in [3.63, 3.8) is 0 Å². The molecule has 0 aliphatic rings. The minimum absolute atomic E-state index is 0.0464. The Morgan fingerprint density at radius 1 is 1.10 bits per heavy atom. The number of aromatic nitrogens is 2. The molecule has 7 N–H and O–H groups in total. The smallest absolute Gasteiger partial charge is 0.326 e. The summed E-state index contributed by atoms with van der Waals surface area (Å²) in [5.41, 5.74) is 7.38. The van der Waals surface area contributed by atoms with Crippen LogP contribution in [-0.2, 0) is 16.1 Å². The number of anilines is 2. The van der Waals surface area contributed by atoms with Crippen LogP contribution in [0.4, 0.5) is 11.6 Å². The van der Waals surface area contributed by atoms with Gasteiger partial charge in [-0.05, 0) is 42.0 Å². The van der Waals surface area contributed by atoms with Gasteiger partial charge in [0.1, 0.15) is 6.04 Å². The molecule has 1 heterocycles. The number of nitrogens with two attached hydrogens (primary N) is 1. The molecule has 3 rings (SSSR count). The van der Waals surface area contributed by atoms with Crippen molar-refractivity contribution < 1.29 is 24.6 Å². The Morgan fingerprint density at radius 2 is 1.81 bits per heavy atom. The molecule has 1 atom stereocenters. The highest BCUT2D eigenvalue weighted by Crippen LogP contribution is 2.15. The first-order valence-electron chi connectivity index (χ1n) is 9.11. The monoisotopic (exact) mass is 425 g/mol. The molecule has 0 saturated carbocycles. The summed E-state index contributed by atoms with van der Waals surface area (Å²) in [7, 11) is 0. The molecule has 0 aliphatic heterocycles. The summed E-state index contributed by atoms with van der Waals surface area (Å²) in [4.78, 5) is 52.5. The maximum absolute atomic E-state index is 12.2. The number of carbonyl (C=O) groups excluding carboxylic acids is 1. The van der Waals surface area contributed by atoms with Crippen molar-refractivity contribution in [1.82, 2.24) is 15.3 Å². The molecule has 0 saturated heterocycles. The van der Waals surface area contributed by atoms with Gasteiger partial charge in [-0.15, -0.1) is 0 Å². The first kappa shape index (κ1) is 21.3. The number of carboxylic acids is 2. The zero-order chi connectivity index (χ0) is 22.5. The molecule has 1 amide bonds. The van der Waals surface area contributed by atoms with Crippen LogP contribution in [0.1, 0.15) is 22.3 Å². The van der Waals surface area contributed by atoms with Crippen molar-refractivity contribution in [2.75, 3.05) is 11.1 Å². The van der Waals surface area contributed by atoms with Crippen LogP contribution in [0.5, 0.6) is 0 Å². The van der Waals surface area contributed by atoms with Gasteiger partial charge in [0.25, 0.3) is 11.5 Å². The van der Waals surface area contributed by atoms with Gasteiger partial charge in [0.15, 0.2) is 0 Å². The van der Waals surface area contributed by atoms with Crippen molar-refractivity contribution in [3.8, 4) is 0 Å². The van der Waals surface area contributed by atoms with Gasteiger partial charge in [-0.3, -0.25) is 19.4 Å². The standard InChI is InChI=1S/C20H19N5O6/c21-20-24-14-6-1-10(7-13(14)18(29)25-20)9-22-12-4-2-11(3-5-12)17(28)23-15(19(30)31)8-16(26)27/h1-7,15,22H,8-9H2,(H,23,28)(H,26,27)(H,30,31)(H3,21,24,25,29)/t15-/m1/s1. The molecular formula is C20H19N5O6. The fraction of sp³-hybridized carbons (Fsp3) is 0.150. The number of nitrogen functional groups attached to an aromatic ring is 1. The molecule has 11 nitrogen and oxygen atoms in total. The predicted molar refractivity (Wildman–Crippen MR) is 112 cm³/mol. The van der Waals surface area contributed by atoms with Crippen LogP contribution in [-0.4, -0.2) is 44.1 Å². The third-order valence-corrected chi connectivity index (χ3v) is 4.41. The van der Waals surface area contributed by atoms with Gasteiger partial charge >= 0.3 is 11.9 Å². The van der Waals surface area contributed by atoms with Crippen LogP contribution < -0.4 is 21.9 Å². The van der Waals surface area contributed by atoms with Crippen LogP contribution >= 0.6 is 0 Å². The molecule has 0 unspecified atom stereocenters. The molecule has 1 aromatic heterocycles. The Hall–Kier alpha value is -4.41. The highest BCUT2D eigenvalue weighted by molar-refractivity contribution is 5.97. The number of fused-ring (bicyclic) bond motifs is 1. The van der Waals surface area contributed by atoms with Gasteiger partial charge < -0.3 is 26.6 Å². The second-order valence-electron chi connectivity index (χ2n) is 6.70. The van der Waals surface area contributed by atoms with Crippen molar-refractivity contribution >= 4 is 40.4 Å². The number of amides is 1. The summed E-state index contributed by atoms with van der Waals surface area (Å²) < 4.78 is 0. The third-order valence-electron chi connectivity index (χ3n) is 4.41. The second-order valence-corrected chi connectivity index (χ2v) is 6.70. The number of rotatable bonds is 8. The zero-order valence-electron chi connectivity index (χ0n) is 16.1. The highest BCUT2D eigenvalue weighted by Gasteiger charge is 2.23. The first-order chi connectivity index (χ1) is 14.7. The predicted octanol–water partition coefficient (Wildman–Crippen LogP) is 0.775. The summed E-state index contributed by atoms with van der Waals surface area (Å²) in [6.45, 7) is 0.394. The van der Waals surface area contributed by atoms with E-state index in [0.717, 1.165) is 5.56 Å². The Balaban J connectivity index is 1.65. The van der Waals surface area contributed by atoms with E-state index in [1.54, 1.807) is 30.3 Å². The Labute approximate surface area is 174 Å². The largest absolute Gasteiger partial charge is 0.481 e. The highest BCUT2D eigenvalue weighted by atomic mass is 16.4.